The van der Waals surface area contributed by atoms with Crippen LogP contribution in [-0.2, 0) is 4.79 Å². The van der Waals surface area contributed by atoms with Gasteiger partial charge in [0.1, 0.15) is 0 Å². The Bertz CT molecular complexity index is 322. The topological polar surface area (TPSA) is 49.6 Å². The molecule has 0 radical (unpaired) electrons. The summed E-state index contributed by atoms with van der Waals surface area (Å²) in [6.45, 7) is 2.04. The summed E-state index contributed by atoms with van der Waals surface area (Å²) in [6, 6.07) is 0.640. The molecule has 0 bridgehead atoms. The van der Waals surface area contributed by atoms with Crippen LogP contribution >= 0.6 is 24.8 Å². The van der Waals surface area contributed by atoms with Crippen LogP contribution < -0.4 is 5.73 Å². The third-order valence-electron chi connectivity index (χ3n) is 4.99. The lowest BCUT2D eigenvalue weighted by Crippen LogP contribution is -2.53. The summed E-state index contributed by atoms with van der Waals surface area (Å²) < 4.78 is 0. The molecule has 0 aromatic heterocycles. The van der Waals surface area contributed by atoms with Gasteiger partial charge in [-0.25, -0.2) is 0 Å². The van der Waals surface area contributed by atoms with Gasteiger partial charge in [0.2, 0.25) is 5.91 Å². The van der Waals surface area contributed by atoms with E-state index in [0.717, 1.165) is 38.6 Å². The van der Waals surface area contributed by atoms with Gasteiger partial charge in [0.25, 0.3) is 0 Å². The van der Waals surface area contributed by atoms with Gasteiger partial charge in [-0.2, -0.15) is 0 Å². The maximum Gasteiger partial charge on any atom is 0.242 e. The van der Waals surface area contributed by atoms with Gasteiger partial charge in [0.05, 0.1) is 5.54 Å². The van der Waals surface area contributed by atoms with Crippen LogP contribution in [0, 0.1) is 0 Å². The maximum absolute atomic E-state index is 12.4. The molecule has 2 fully saturated rings. The highest BCUT2D eigenvalue weighted by Gasteiger charge is 2.38. The van der Waals surface area contributed by atoms with Crippen molar-refractivity contribution in [1.29, 1.82) is 0 Å². The smallest absolute Gasteiger partial charge is 0.242 e. The van der Waals surface area contributed by atoms with E-state index in [0.29, 0.717) is 6.04 Å². The van der Waals surface area contributed by atoms with Crippen molar-refractivity contribution in [2.45, 2.75) is 62.9 Å². The number of piperidine rings is 1. The zero-order valence-corrected chi connectivity index (χ0v) is 15.0. The number of hydrogen-bond donors (Lipinski definition) is 1. The number of amides is 1. The summed E-state index contributed by atoms with van der Waals surface area (Å²) in [5.41, 5.74) is 5.68. The van der Waals surface area contributed by atoms with Crippen LogP contribution in [0.3, 0.4) is 0 Å². The fraction of sp³-hybridized carbons (Fsp3) is 0.933. The second kappa shape index (κ2) is 9.19. The number of likely N-dealkylation sites (tertiary alicyclic amines) is 1. The lowest BCUT2D eigenvalue weighted by molar-refractivity contribution is -0.135. The van der Waals surface area contributed by atoms with Crippen LogP contribution in [0.15, 0.2) is 0 Å². The molecular formula is C15H31Cl2N3O. The van der Waals surface area contributed by atoms with E-state index in [1.54, 1.807) is 0 Å². The molecule has 1 aliphatic heterocycles. The Morgan fingerprint density at radius 2 is 1.86 bits per heavy atom. The average molecular weight is 340 g/mol. The molecule has 1 heterocycles. The zero-order chi connectivity index (χ0) is 13.9. The fourth-order valence-electron chi connectivity index (χ4n) is 3.55. The minimum Gasteiger partial charge on any atom is -0.344 e. The van der Waals surface area contributed by atoms with Gasteiger partial charge >= 0.3 is 0 Å². The Hall–Kier alpha value is -0.0300. The van der Waals surface area contributed by atoms with Crippen LogP contribution in [-0.4, -0.2) is 54.5 Å². The molecule has 126 valence electrons. The van der Waals surface area contributed by atoms with Crippen molar-refractivity contribution < 1.29 is 4.79 Å². The van der Waals surface area contributed by atoms with Crippen molar-refractivity contribution in [3.8, 4) is 0 Å². The fourth-order valence-corrected chi connectivity index (χ4v) is 3.55. The Balaban J connectivity index is 0.00000200. The Morgan fingerprint density at radius 3 is 2.43 bits per heavy atom. The standard InChI is InChI=1S/C15H29N3O.2ClH/c1-17-11-6-3-7-13(17)8-12-18(2)14(19)15(16)9-4-5-10-15;;/h13H,3-12,16H2,1-2H3;2*1H. The maximum atomic E-state index is 12.4. The quantitative estimate of drug-likeness (QED) is 0.855. The second-order valence-electron chi connectivity index (χ2n) is 6.51. The van der Waals surface area contributed by atoms with Crippen molar-refractivity contribution in [1.82, 2.24) is 9.80 Å². The van der Waals surface area contributed by atoms with Gasteiger partial charge in [-0.05, 0) is 45.7 Å². The average Bonchev–Trinajstić information content (AvgIpc) is 2.85. The predicted molar refractivity (Wildman–Crippen MR) is 92.4 cm³/mol. The Kier molecular flexibility index (Phi) is 9.17. The molecule has 2 rings (SSSR count). The molecular weight excluding hydrogens is 309 g/mol. The highest BCUT2D eigenvalue weighted by atomic mass is 35.5. The highest BCUT2D eigenvalue weighted by molar-refractivity contribution is 5.86. The first-order valence-electron chi connectivity index (χ1n) is 7.78. The lowest BCUT2D eigenvalue weighted by Gasteiger charge is -2.35. The summed E-state index contributed by atoms with van der Waals surface area (Å²) in [5, 5.41) is 0. The number of likely N-dealkylation sites (N-methyl/N-ethyl adjacent to an activating group) is 1. The highest BCUT2D eigenvalue weighted by Crippen LogP contribution is 2.29. The van der Waals surface area contributed by atoms with E-state index >= 15 is 0 Å². The number of nitrogens with zero attached hydrogens (tertiary/aromatic N) is 2. The molecule has 1 unspecified atom stereocenters. The molecule has 6 heteroatoms. The summed E-state index contributed by atoms with van der Waals surface area (Å²) >= 11 is 0. The molecule has 1 saturated heterocycles. The van der Waals surface area contributed by atoms with Crippen molar-refractivity contribution in [3.63, 3.8) is 0 Å². The van der Waals surface area contributed by atoms with Crippen LogP contribution in [0.1, 0.15) is 51.4 Å². The van der Waals surface area contributed by atoms with E-state index in [4.69, 9.17) is 5.73 Å². The van der Waals surface area contributed by atoms with Crippen molar-refractivity contribution in [3.05, 3.63) is 0 Å². The molecule has 1 amide bonds. The van der Waals surface area contributed by atoms with Gasteiger partial charge in [0.15, 0.2) is 0 Å². The van der Waals surface area contributed by atoms with Gasteiger partial charge < -0.3 is 15.5 Å². The van der Waals surface area contributed by atoms with E-state index in [-0.39, 0.29) is 30.7 Å². The molecule has 0 aromatic rings. The third kappa shape index (κ3) is 5.27. The number of carbonyl (C=O) groups is 1. The first kappa shape index (κ1) is 21.0. The number of halogens is 2. The molecule has 2 aliphatic rings. The zero-order valence-electron chi connectivity index (χ0n) is 13.3. The largest absolute Gasteiger partial charge is 0.344 e. The third-order valence-corrected chi connectivity index (χ3v) is 4.99. The van der Waals surface area contributed by atoms with Crippen LogP contribution in [0.25, 0.3) is 0 Å². The molecule has 1 atom stereocenters. The van der Waals surface area contributed by atoms with Crippen molar-refractivity contribution in [2.24, 2.45) is 5.73 Å². The van der Waals surface area contributed by atoms with Crippen molar-refractivity contribution >= 4 is 30.7 Å². The Morgan fingerprint density at radius 1 is 1.24 bits per heavy atom. The molecule has 21 heavy (non-hydrogen) atoms. The minimum absolute atomic E-state index is 0. The molecule has 1 saturated carbocycles. The van der Waals surface area contributed by atoms with E-state index in [9.17, 15) is 4.79 Å². The lowest BCUT2D eigenvalue weighted by atomic mass is 9.96. The number of rotatable bonds is 4. The number of carbonyl (C=O) groups excluding carboxylic acids is 1. The summed E-state index contributed by atoms with van der Waals surface area (Å²) in [6.07, 6.45) is 8.91. The van der Waals surface area contributed by atoms with E-state index in [1.165, 1.54) is 25.8 Å². The van der Waals surface area contributed by atoms with Crippen LogP contribution in [0.2, 0.25) is 0 Å². The predicted octanol–water partition coefficient (Wildman–Crippen LogP) is 2.43. The molecule has 2 N–H and O–H groups in total. The van der Waals surface area contributed by atoms with Crippen LogP contribution in [0.4, 0.5) is 0 Å². The summed E-state index contributed by atoms with van der Waals surface area (Å²) in [5.74, 6) is 0.156. The van der Waals surface area contributed by atoms with Gasteiger partial charge in [-0.3, -0.25) is 4.79 Å². The van der Waals surface area contributed by atoms with Crippen molar-refractivity contribution in [2.75, 3.05) is 27.2 Å². The minimum atomic E-state index is -0.562. The van der Waals surface area contributed by atoms with Gasteiger partial charge in [0, 0.05) is 19.6 Å². The van der Waals surface area contributed by atoms with E-state index in [1.807, 2.05) is 11.9 Å². The SMILES string of the molecule is CN(CCC1CCCCN1C)C(=O)C1(N)CCCC1.Cl.Cl. The Labute approximate surface area is 141 Å². The molecule has 1 aliphatic carbocycles. The summed E-state index contributed by atoms with van der Waals surface area (Å²) in [4.78, 5) is 16.7. The second-order valence-corrected chi connectivity index (χ2v) is 6.51. The normalized spacial score (nSPS) is 24.8. The molecule has 0 aromatic carbocycles. The molecule has 4 nitrogen and oxygen atoms in total. The first-order valence-corrected chi connectivity index (χ1v) is 7.78. The van der Waals surface area contributed by atoms with E-state index in [2.05, 4.69) is 11.9 Å². The van der Waals surface area contributed by atoms with Crippen LogP contribution in [0.5, 0.6) is 0 Å². The molecule has 0 spiro atoms. The number of nitrogens with two attached hydrogens (primary N) is 1. The van der Waals surface area contributed by atoms with Gasteiger partial charge in [-0.15, -0.1) is 24.8 Å². The first-order chi connectivity index (χ1) is 9.03. The monoisotopic (exact) mass is 339 g/mol. The summed E-state index contributed by atoms with van der Waals surface area (Å²) in [7, 11) is 4.12. The van der Waals surface area contributed by atoms with Gasteiger partial charge in [-0.1, -0.05) is 19.3 Å². The van der Waals surface area contributed by atoms with E-state index < -0.39 is 5.54 Å². The number of hydrogen-bond acceptors (Lipinski definition) is 3.